The predicted octanol–water partition coefficient (Wildman–Crippen LogP) is 12.8. The Labute approximate surface area is 310 Å². The summed E-state index contributed by atoms with van der Waals surface area (Å²) in [4.78, 5) is 28.7. The van der Waals surface area contributed by atoms with E-state index in [0.717, 1.165) is 51.6 Å². The van der Waals surface area contributed by atoms with Crippen molar-refractivity contribution in [3.8, 4) is 0 Å². The number of carbonyl (C=O) groups is 2. The largest absolute Gasteiger partial charge is 0.465 e. The second-order valence-corrected chi connectivity index (χ2v) is 16.4. The minimum Gasteiger partial charge on any atom is -0.465 e. The van der Waals surface area contributed by atoms with Crippen molar-refractivity contribution in [2.45, 2.75) is 213 Å². The number of carbonyl (C=O) groups excluding carboxylic acids is 2. The van der Waals surface area contributed by atoms with E-state index in [9.17, 15) is 9.59 Å². The van der Waals surface area contributed by atoms with Crippen LogP contribution in [0.1, 0.15) is 207 Å². The summed E-state index contributed by atoms with van der Waals surface area (Å²) >= 11 is 0. The molecular formula is C45H83NO4. The van der Waals surface area contributed by atoms with E-state index < -0.39 is 0 Å². The molecule has 0 aromatic carbocycles. The maximum absolute atomic E-state index is 13.3. The van der Waals surface area contributed by atoms with Gasteiger partial charge >= 0.3 is 11.9 Å². The van der Waals surface area contributed by atoms with Crippen molar-refractivity contribution >= 4 is 11.9 Å². The van der Waals surface area contributed by atoms with Gasteiger partial charge in [0.1, 0.15) is 6.10 Å². The molecule has 0 N–H and O–H groups in total. The Bertz CT molecular complexity index is 826. The molecule has 1 aliphatic carbocycles. The molecule has 1 saturated heterocycles. The molecule has 2 aliphatic rings. The molecule has 1 aliphatic heterocycles. The van der Waals surface area contributed by atoms with E-state index in [4.69, 9.17) is 9.47 Å². The Morgan fingerprint density at radius 1 is 0.660 bits per heavy atom. The Morgan fingerprint density at radius 2 is 1.16 bits per heavy atom. The lowest BCUT2D eigenvalue weighted by Crippen LogP contribution is -2.36. The summed E-state index contributed by atoms with van der Waals surface area (Å²) in [6.45, 7) is 9.22. The average molecular weight is 702 g/mol. The first-order chi connectivity index (χ1) is 24.5. The lowest BCUT2D eigenvalue weighted by molar-refractivity contribution is -0.157. The third-order valence-corrected chi connectivity index (χ3v) is 11.9. The molecule has 3 atom stereocenters. The second kappa shape index (κ2) is 30.1. The number of hydrogen-bond acceptors (Lipinski definition) is 5. The maximum Gasteiger partial charge on any atom is 0.309 e. The molecule has 1 heterocycles. The van der Waals surface area contributed by atoms with Gasteiger partial charge in [0.15, 0.2) is 0 Å². The Hall–Kier alpha value is -1.36. The smallest absolute Gasteiger partial charge is 0.309 e. The van der Waals surface area contributed by atoms with Crippen LogP contribution in [0.5, 0.6) is 0 Å². The van der Waals surface area contributed by atoms with Crippen molar-refractivity contribution in [2.24, 2.45) is 23.7 Å². The minimum absolute atomic E-state index is 0.0161. The van der Waals surface area contributed by atoms with Crippen LogP contribution in [-0.2, 0) is 19.1 Å². The van der Waals surface area contributed by atoms with Crippen molar-refractivity contribution in [1.82, 2.24) is 4.90 Å². The van der Waals surface area contributed by atoms with Crippen LogP contribution in [0.2, 0.25) is 0 Å². The molecule has 292 valence electrons. The first kappa shape index (κ1) is 44.8. The lowest BCUT2D eigenvalue weighted by Gasteiger charge is -2.30. The average Bonchev–Trinajstić information content (AvgIpc) is 3.48. The summed E-state index contributed by atoms with van der Waals surface area (Å²) in [5, 5.41) is 0. The monoisotopic (exact) mass is 702 g/mol. The molecule has 0 aromatic rings. The number of hydrogen-bond donors (Lipinski definition) is 0. The fourth-order valence-electron chi connectivity index (χ4n) is 8.40. The fourth-order valence-corrected chi connectivity index (χ4v) is 8.40. The van der Waals surface area contributed by atoms with Crippen LogP contribution in [0.3, 0.4) is 0 Å². The molecular weight excluding hydrogens is 618 g/mol. The van der Waals surface area contributed by atoms with Crippen molar-refractivity contribution in [3.63, 3.8) is 0 Å². The van der Waals surface area contributed by atoms with Crippen LogP contribution in [0.15, 0.2) is 12.2 Å². The Kier molecular flexibility index (Phi) is 27.0. The van der Waals surface area contributed by atoms with Gasteiger partial charge in [0.2, 0.25) is 0 Å². The molecule has 5 nitrogen and oxygen atoms in total. The molecule has 0 bridgehead atoms. The summed E-state index contributed by atoms with van der Waals surface area (Å²) in [6.07, 6.45) is 39.8. The number of unbranched alkanes of at least 4 members (excludes halogenated alkanes) is 18. The van der Waals surface area contributed by atoms with E-state index in [0.29, 0.717) is 18.9 Å². The van der Waals surface area contributed by atoms with E-state index in [-0.39, 0.29) is 35.8 Å². The zero-order valence-corrected chi connectivity index (χ0v) is 33.7. The van der Waals surface area contributed by atoms with Crippen LogP contribution in [0.25, 0.3) is 0 Å². The van der Waals surface area contributed by atoms with Gasteiger partial charge in [0.05, 0.1) is 12.5 Å². The Morgan fingerprint density at radius 3 is 1.66 bits per heavy atom. The van der Waals surface area contributed by atoms with Gasteiger partial charge in [-0.25, -0.2) is 0 Å². The highest BCUT2D eigenvalue weighted by atomic mass is 16.5. The zero-order chi connectivity index (χ0) is 36.1. The van der Waals surface area contributed by atoms with E-state index in [1.807, 2.05) is 0 Å². The number of allylic oxidation sites excluding steroid dienone is 2. The van der Waals surface area contributed by atoms with Crippen LogP contribution in [0.4, 0.5) is 0 Å². The number of piperidine rings is 1. The molecule has 0 radical (unpaired) electrons. The minimum atomic E-state index is -0.0816. The van der Waals surface area contributed by atoms with Gasteiger partial charge in [-0.2, -0.15) is 0 Å². The van der Waals surface area contributed by atoms with E-state index in [1.54, 1.807) is 0 Å². The zero-order valence-electron chi connectivity index (χ0n) is 33.7. The van der Waals surface area contributed by atoms with Crippen molar-refractivity contribution in [1.29, 1.82) is 0 Å². The van der Waals surface area contributed by atoms with Gasteiger partial charge in [-0.1, -0.05) is 161 Å². The number of rotatable bonds is 31. The van der Waals surface area contributed by atoms with Crippen molar-refractivity contribution in [3.05, 3.63) is 12.2 Å². The fraction of sp³-hybridized carbons (Fsp3) is 0.911. The Balaban J connectivity index is 1.80. The summed E-state index contributed by atoms with van der Waals surface area (Å²) in [5.74, 6) is 0.870. The first-order valence-corrected chi connectivity index (χ1v) is 22.2. The highest BCUT2D eigenvalue weighted by Gasteiger charge is 2.40. The van der Waals surface area contributed by atoms with Gasteiger partial charge in [-0.3, -0.25) is 9.59 Å². The highest BCUT2D eigenvalue weighted by Crippen LogP contribution is 2.40. The van der Waals surface area contributed by atoms with E-state index in [1.165, 1.54) is 141 Å². The van der Waals surface area contributed by atoms with Crippen LogP contribution in [0, 0.1) is 23.7 Å². The molecule has 1 saturated carbocycles. The molecule has 50 heavy (non-hydrogen) atoms. The van der Waals surface area contributed by atoms with Gasteiger partial charge in [0, 0.05) is 12.3 Å². The summed E-state index contributed by atoms with van der Waals surface area (Å²) in [7, 11) is 2.12. The molecule has 5 heteroatoms. The quantitative estimate of drug-likeness (QED) is 0.0409. The number of likely N-dealkylation sites (tertiary alicyclic amines) is 1. The summed E-state index contributed by atoms with van der Waals surface area (Å²) in [5.41, 5.74) is 0. The van der Waals surface area contributed by atoms with E-state index >= 15 is 0 Å². The molecule has 2 fully saturated rings. The van der Waals surface area contributed by atoms with Crippen LogP contribution in [-0.4, -0.2) is 49.7 Å². The first-order valence-electron chi connectivity index (χ1n) is 22.2. The normalized spacial score (nSPS) is 20.3. The SMILES string of the molecule is CC/C=C\CC1C(CC(=O)OCC(CCCCCCCCCCCC)CCCCCCCCCCCC)CCC1OC(=O)C1CCN(C)CC1. The third-order valence-electron chi connectivity index (χ3n) is 11.9. The summed E-state index contributed by atoms with van der Waals surface area (Å²) in [6, 6.07) is 0. The van der Waals surface area contributed by atoms with Gasteiger partial charge < -0.3 is 14.4 Å². The van der Waals surface area contributed by atoms with Crippen LogP contribution >= 0.6 is 0 Å². The molecule has 0 amide bonds. The van der Waals surface area contributed by atoms with Gasteiger partial charge in [-0.15, -0.1) is 0 Å². The predicted molar refractivity (Wildman–Crippen MR) is 212 cm³/mol. The second-order valence-electron chi connectivity index (χ2n) is 16.4. The van der Waals surface area contributed by atoms with Gasteiger partial charge in [-0.05, 0) is 83.3 Å². The van der Waals surface area contributed by atoms with Crippen LogP contribution < -0.4 is 0 Å². The third kappa shape index (κ3) is 21.2. The molecule has 0 aromatic heterocycles. The van der Waals surface area contributed by atoms with Gasteiger partial charge in [0.25, 0.3) is 0 Å². The molecule has 3 unspecified atom stereocenters. The van der Waals surface area contributed by atoms with Crippen molar-refractivity contribution in [2.75, 3.05) is 26.7 Å². The topological polar surface area (TPSA) is 55.8 Å². The number of ether oxygens (including phenoxy) is 2. The number of nitrogens with zero attached hydrogens (tertiary/aromatic N) is 1. The highest BCUT2D eigenvalue weighted by molar-refractivity contribution is 5.73. The molecule has 2 rings (SSSR count). The van der Waals surface area contributed by atoms with Crippen molar-refractivity contribution < 1.29 is 19.1 Å². The number of esters is 2. The van der Waals surface area contributed by atoms with E-state index in [2.05, 4.69) is 44.9 Å². The lowest BCUT2D eigenvalue weighted by atomic mass is 9.88. The standard InChI is InChI=1S/C45H83NO4/c1-5-8-11-13-15-17-19-21-23-26-28-39(29-27-24-22-20-18-16-14-12-9-6-2)38-49-44(47)37-41-31-32-43(42(41)30-25-10-7-3)50-45(48)40-33-35-46(4)36-34-40/h10,25,39-43H,5-9,11-24,26-38H2,1-4H3/b25-10-. The maximum atomic E-state index is 13.3. The molecule has 0 spiro atoms. The summed E-state index contributed by atoms with van der Waals surface area (Å²) < 4.78 is 12.3.